The average molecular weight is 322 g/mol. The Labute approximate surface area is 118 Å². The summed E-state index contributed by atoms with van der Waals surface area (Å²) >= 11 is 3.39. The molecule has 0 saturated heterocycles. The van der Waals surface area contributed by atoms with Crippen LogP contribution in [0.25, 0.3) is 5.65 Å². The molecule has 0 aromatic carbocycles. The van der Waals surface area contributed by atoms with E-state index >= 15 is 0 Å². The third-order valence-corrected chi connectivity index (χ3v) is 3.34. The second kappa shape index (κ2) is 4.65. The molecule has 0 fully saturated rings. The summed E-state index contributed by atoms with van der Waals surface area (Å²) in [5.74, 6) is 1.54. The Morgan fingerprint density at radius 1 is 1.42 bits per heavy atom. The van der Waals surface area contributed by atoms with Crippen LogP contribution in [-0.4, -0.2) is 19.5 Å². The van der Waals surface area contributed by atoms with E-state index in [-0.39, 0.29) is 0 Å². The molecule has 0 atom stereocenters. The topological polar surface area (TPSA) is 68.2 Å². The molecule has 7 heteroatoms. The zero-order valence-corrected chi connectivity index (χ0v) is 12.1. The Balaban J connectivity index is 1.91. The first-order chi connectivity index (χ1) is 9.15. The lowest BCUT2D eigenvalue weighted by atomic mass is 10.2. The first kappa shape index (κ1) is 12.2. The fraction of sp³-hybridized carbons (Fsp3) is 0.250. The van der Waals surface area contributed by atoms with Gasteiger partial charge in [0.2, 0.25) is 0 Å². The smallest absolute Gasteiger partial charge is 0.180 e. The second-order valence-corrected chi connectivity index (χ2v) is 5.04. The number of hydrogen-bond donors (Lipinski definition) is 1. The predicted molar refractivity (Wildman–Crippen MR) is 74.0 cm³/mol. The molecule has 6 nitrogen and oxygen atoms in total. The molecule has 0 unspecified atom stereocenters. The summed E-state index contributed by atoms with van der Waals surface area (Å²) in [6.07, 6.45) is 5.48. The third-order valence-electron chi connectivity index (χ3n) is 2.96. The van der Waals surface area contributed by atoms with E-state index in [4.69, 9.17) is 4.52 Å². The number of aromatic nitrogens is 4. The summed E-state index contributed by atoms with van der Waals surface area (Å²) in [4.78, 5) is 8.69. The maximum Gasteiger partial charge on any atom is 0.180 e. The summed E-state index contributed by atoms with van der Waals surface area (Å²) in [5.41, 5.74) is 2.72. The molecule has 3 heterocycles. The van der Waals surface area contributed by atoms with Crippen molar-refractivity contribution < 1.29 is 4.52 Å². The highest BCUT2D eigenvalue weighted by atomic mass is 79.9. The van der Waals surface area contributed by atoms with Crippen molar-refractivity contribution in [3.05, 3.63) is 40.2 Å². The van der Waals surface area contributed by atoms with Crippen LogP contribution in [0.3, 0.4) is 0 Å². The highest BCUT2D eigenvalue weighted by molar-refractivity contribution is 9.10. The van der Waals surface area contributed by atoms with Crippen molar-refractivity contribution in [1.82, 2.24) is 19.5 Å². The monoisotopic (exact) mass is 321 g/mol. The Morgan fingerprint density at radius 2 is 2.26 bits per heavy atom. The molecule has 1 N–H and O–H groups in total. The van der Waals surface area contributed by atoms with Crippen LogP contribution in [0.2, 0.25) is 0 Å². The molecule has 3 aromatic heterocycles. The minimum Gasteiger partial charge on any atom is -0.363 e. The second-order valence-electron chi connectivity index (χ2n) is 4.23. The van der Waals surface area contributed by atoms with Gasteiger partial charge in [-0.15, -0.1) is 0 Å². The summed E-state index contributed by atoms with van der Waals surface area (Å²) in [6.45, 7) is 4.43. The van der Waals surface area contributed by atoms with Gasteiger partial charge in [0.25, 0.3) is 0 Å². The first-order valence-electron chi connectivity index (χ1n) is 5.80. The van der Waals surface area contributed by atoms with Gasteiger partial charge >= 0.3 is 0 Å². The van der Waals surface area contributed by atoms with Crippen molar-refractivity contribution in [3.63, 3.8) is 0 Å². The normalized spacial score (nSPS) is 11.1. The number of nitrogens with one attached hydrogen (secondary N) is 1. The van der Waals surface area contributed by atoms with Gasteiger partial charge in [-0.2, -0.15) is 0 Å². The van der Waals surface area contributed by atoms with Gasteiger partial charge < -0.3 is 14.2 Å². The maximum atomic E-state index is 5.14. The van der Waals surface area contributed by atoms with Crippen LogP contribution in [-0.2, 0) is 6.54 Å². The minimum absolute atomic E-state index is 0.604. The quantitative estimate of drug-likeness (QED) is 0.803. The lowest BCUT2D eigenvalue weighted by Gasteiger charge is -2.07. The van der Waals surface area contributed by atoms with Gasteiger partial charge in [0.15, 0.2) is 11.5 Å². The Hall–Kier alpha value is -1.89. The van der Waals surface area contributed by atoms with Crippen LogP contribution in [0.5, 0.6) is 0 Å². The number of anilines is 1. The fourth-order valence-electron chi connectivity index (χ4n) is 1.95. The minimum atomic E-state index is 0.604. The largest absolute Gasteiger partial charge is 0.363 e. The molecule has 19 heavy (non-hydrogen) atoms. The first-order valence-corrected chi connectivity index (χ1v) is 6.59. The highest BCUT2D eigenvalue weighted by Crippen LogP contribution is 2.19. The molecule has 3 aromatic rings. The van der Waals surface area contributed by atoms with Gasteiger partial charge in [-0.1, -0.05) is 5.16 Å². The standard InChI is InChI=1S/C12H12BrN5O/c1-7-9(8(2)19-17-7)5-15-11-12-14-3-4-18(12)6-10(13)16-11/h3-4,6H,5H2,1-2H3,(H,15,16). The summed E-state index contributed by atoms with van der Waals surface area (Å²) in [7, 11) is 0. The van der Waals surface area contributed by atoms with Crippen LogP contribution < -0.4 is 5.32 Å². The number of nitrogens with zero attached hydrogens (tertiary/aromatic N) is 4. The molecule has 0 saturated carbocycles. The van der Waals surface area contributed by atoms with Gasteiger partial charge in [0, 0.05) is 30.7 Å². The predicted octanol–water partition coefficient (Wildman–Crippen LogP) is 2.71. The van der Waals surface area contributed by atoms with Crippen molar-refractivity contribution in [1.29, 1.82) is 0 Å². The molecule has 3 rings (SSSR count). The van der Waals surface area contributed by atoms with E-state index in [2.05, 4.69) is 36.4 Å². The number of aryl methyl sites for hydroxylation is 2. The Morgan fingerprint density at radius 3 is 3.00 bits per heavy atom. The number of hydrogen-bond acceptors (Lipinski definition) is 5. The number of rotatable bonds is 3. The summed E-state index contributed by atoms with van der Waals surface area (Å²) in [6, 6.07) is 0. The van der Waals surface area contributed by atoms with Crippen LogP contribution >= 0.6 is 15.9 Å². The Bertz CT molecular complexity index is 713. The van der Waals surface area contributed by atoms with E-state index < -0.39 is 0 Å². The molecular formula is C12H12BrN5O. The molecule has 98 valence electrons. The van der Waals surface area contributed by atoms with E-state index in [0.717, 1.165) is 33.1 Å². The zero-order chi connectivity index (χ0) is 13.4. The average Bonchev–Trinajstić information content (AvgIpc) is 2.95. The SMILES string of the molecule is Cc1noc(C)c1CNc1nc(Br)cn2ccnc12. The van der Waals surface area contributed by atoms with Gasteiger partial charge in [0.05, 0.1) is 5.69 Å². The Kier molecular flexibility index (Phi) is 2.98. The molecule has 0 aliphatic heterocycles. The van der Waals surface area contributed by atoms with Gasteiger partial charge in [-0.3, -0.25) is 0 Å². The van der Waals surface area contributed by atoms with Gasteiger partial charge in [-0.05, 0) is 29.8 Å². The maximum absolute atomic E-state index is 5.14. The summed E-state index contributed by atoms with van der Waals surface area (Å²) < 4.78 is 7.80. The van der Waals surface area contributed by atoms with E-state index in [1.54, 1.807) is 6.20 Å². The van der Waals surface area contributed by atoms with Crippen LogP contribution in [0.1, 0.15) is 17.0 Å². The molecule has 0 amide bonds. The van der Waals surface area contributed by atoms with E-state index in [1.165, 1.54) is 0 Å². The van der Waals surface area contributed by atoms with Crippen molar-refractivity contribution in [2.75, 3.05) is 5.32 Å². The third kappa shape index (κ3) is 2.21. The van der Waals surface area contributed by atoms with Gasteiger partial charge in [0.1, 0.15) is 10.4 Å². The molecule has 0 bridgehead atoms. The van der Waals surface area contributed by atoms with E-state index in [9.17, 15) is 0 Å². The number of fused-ring (bicyclic) bond motifs is 1. The van der Waals surface area contributed by atoms with Crippen LogP contribution in [0, 0.1) is 13.8 Å². The van der Waals surface area contributed by atoms with Crippen molar-refractivity contribution in [2.45, 2.75) is 20.4 Å². The van der Waals surface area contributed by atoms with Crippen molar-refractivity contribution >= 4 is 27.4 Å². The van der Waals surface area contributed by atoms with Crippen molar-refractivity contribution in [3.8, 4) is 0 Å². The molecule has 0 radical (unpaired) electrons. The highest BCUT2D eigenvalue weighted by Gasteiger charge is 2.11. The lowest BCUT2D eigenvalue weighted by Crippen LogP contribution is -2.05. The molecule has 0 spiro atoms. The van der Waals surface area contributed by atoms with Crippen molar-refractivity contribution in [2.24, 2.45) is 0 Å². The van der Waals surface area contributed by atoms with Gasteiger partial charge in [-0.25, -0.2) is 9.97 Å². The molecule has 0 aliphatic rings. The van der Waals surface area contributed by atoms with Crippen LogP contribution in [0.15, 0.2) is 27.7 Å². The molecule has 0 aliphatic carbocycles. The fourth-order valence-corrected chi connectivity index (χ4v) is 2.34. The molecular weight excluding hydrogens is 310 g/mol. The van der Waals surface area contributed by atoms with E-state index in [1.807, 2.05) is 30.6 Å². The summed E-state index contributed by atoms with van der Waals surface area (Å²) in [5, 5.41) is 7.21. The number of imidazole rings is 1. The lowest BCUT2D eigenvalue weighted by molar-refractivity contribution is 0.392. The zero-order valence-electron chi connectivity index (χ0n) is 10.5. The number of halogens is 1. The van der Waals surface area contributed by atoms with E-state index in [0.29, 0.717) is 6.54 Å². The van der Waals surface area contributed by atoms with Crippen LogP contribution in [0.4, 0.5) is 5.82 Å².